The van der Waals surface area contributed by atoms with Crippen LogP contribution < -0.4 is 10.6 Å². The second kappa shape index (κ2) is 5.41. The van der Waals surface area contributed by atoms with E-state index in [-0.39, 0.29) is 11.9 Å². The second-order valence-electron chi connectivity index (χ2n) is 4.23. The zero-order valence-electron chi connectivity index (χ0n) is 9.40. The Morgan fingerprint density at radius 1 is 1.75 bits per heavy atom. The Kier molecular flexibility index (Phi) is 3.90. The molecule has 2 unspecified atom stereocenters. The van der Waals surface area contributed by atoms with Gasteiger partial charge in [-0.15, -0.1) is 11.3 Å². The Balaban J connectivity index is 1.86. The summed E-state index contributed by atoms with van der Waals surface area (Å²) in [4.78, 5) is 16.4. The van der Waals surface area contributed by atoms with Crippen molar-refractivity contribution in [3.8, 4) is 0 Å². The van der Waals surface area contributed by atoms with Crippen LogP contribution in [0.15, 0.2) is 11.7 Å². The molecule has 5 heteroatoms. The van der Waals surface area contributed by atoms with Crippen LogP contribution in [0.1, 0.15) is 29.4 Å². The highest BCUT2D eigenvalue weighted by atomic mass is 32.1. The van der Waals surface area contributed by atoms with Gasteiger partial charge in [0.2, 0.25) is 0 Å². The van der Waals surface area contributed by atoms with E-state index in [9.17, 15) is 4.79 Å². The third kappa shape index (κ3) is 2.80. The summed E-state index contributed by atoms with van der Waals surface area (Å²) in [6, 6.07) is 0.224. The van der Waals surface area contributed by atoms with Gasteiger partial charge in [-0.1, -0.05) is 0 Å². The summed E-state index contributed by atoms with van der Waals surface area (Å²) in [6.07, 6.45) is 4.01. The summed E-state index contributed by atoms with van der Waals surface area (Å²) in [7, 11) is 0. The minimum atomic E-state index is 0.000531. The van der Waals surface area contributed by atoms with Crippen molar-refractivity contribution in [1.82, 2.24) is 15.6 Å². The summed E-state index contributed by atoms with van der Waals surface area (Å²) < 4.78 is 0. The van der Waals surface area contributed by atoms with Gasteiger partial charge in [0.05, 0.1) is 11.7 Å². The van der Waals surface area contributed by atoms with Gasteiger partial charge < -0.3 is 10.6 Å². The summed E-state index contributed by atoms with van der Waals surface area (Å²) in [5, 5.41) is 6.41. The lowest BCUT2D eigenvalue weighted by Crippen LogP contribution is -2.44. The molecule has 0 saturated carbocycles. The first-order valence-electron chi connectivity index (χ1n) is 5.67. The number of nitrogens with zero attached hydrogens (tertiary/aromatic N) is 1. The zero-order chi connectivity index (χ0) is 11.4. The lowest BCUT2D eigenvalue weighted by Gasteiger charge is -2.28. The molecule has 1 aromatic rings. The largest absolute Gasteiger partial charge is 0.349 e. The van der Waals surface area contributed by atoms with Crippen LogP contribution in [0.2, 0.25) is 0 Å². The molecule has 0 aromatic carbocycles. The Hall–Kier alpha value is -0.940. The van der Waals surface area contributed by atoms with Crippen molar-refractivity contribution >= 4 is 17.2 Å². The summed E-state index contributed by atoms with van der Waals surface area (Å²) in [5.74, 6) is 0.547. The van der Waals surface area contributed by atoms with Crippen molar-refractivity contribution < 1.29 is 4.79 Å². The SMILES string of the molecule is CC(NC(=O)c1cncs1)C1CCCNC1. The van der Waals surface area contributed by atoms with Gasteiger partial charge in [-0.2, -0.15) is 0 Å². The third-order valence-corrected chi connectivity index (χ3v) is 3.83. The quantitative estimate of drug-likeness (QED) is 0.835. The van der Waals surface area contributed by atoms with Crippen LogP contribution in [0.5, 0.6) is 0 Å². The monoisotopic (exact) mass is 239 g/mol. The average Bonchev–Trinajstić information content (AvgIpc) is 2.83. The molecule has 0 spiro atoms. The van der Waals surface area contributed by atoms with Crippen LogP contribution in [0.4, 0.5) is 0 Å². The van der Waals surface area contributed by atoms with Gasteiger partial charge in [0.25, 0.3) is 5.91 Å². The molecule has 0 bridgehead atoms. The molecular formula is C11H17N3OS. The van der Waals surface area contributed by atoms with Crippen molar-refractivity contribution in [2.75, 3.05) is 13.1 Å². The van der Waals surface area contributed by atoms with Crippen LogP contribution in [0, 0.1) is 5.92 Å². The lowest BCUT2D eigenvalue weighted by molar-refractivity contribution is 0.0926. The molecule has 2 heterocycles. The fourth-order valence-electron chi connectivity index (χ4n) is 2.03. The molecule has 2 atom stereocenters. The summed E-state index contributed by atoms with van der Waals surface area (Å²) in [6.45, 7) is 4.19. The number of carbonyl (C=O) groups is 1. The summed E-state index contributed by atoms with van der Waals surface area (Å²) in [5.41, 5.74) is 1.68. The lowest BCUT2D eigenvalue weighted by atomic mass is 9.93. The zero-order valence-corrected chi connectivity index (χ0v) is 10.2. The molecule has 1 aliphatic heterocycles. The van der Waals surface area contributed by atoms with E-state index in [4.69, 9.17) is 0 Å². The van der Waals surface area contributed by atoms with E-state index in [1.165, 1.54) is 24.2 Å². The predicted molar refractivity (Wildman–Crippen MR) is 64.6 cm³/mol. The van der Waals surface area contributed by atoms with Gasteiger partial charge >= 0.3 is 0 Å². The van der Waals surface area contributed by atoms with E-state index in [0.29, 0.717) is 10.8 Å². The number of nitrogens with one attached hydrogen (secondary N) is 2. The first-order chi connectivity index (χ1) is 7.77. The van der Waals surface area contributed by atoms with Crippen molar-refractivity contribution in [2.24, 2.45) is 5.92 Å². The maximum atomic E-state index is 11.8. The van der Waals surface area contributed by atoms with E-state index >= 15 is 0 Å². The highest BCUT2D eigenvalue weighted by Gasteiger charge is 2.21. The number of hydrogen-bond acceptors (Lipinski definition) is 4. The van der Waals surface area contributed by atoms with Gasteiger partial charge in [0, 0.05) is 6.04 Å². The smallest absolute Gasteiger partial charge is 0.263 e. The molecule has 2 N–H and O–H groups in total. The van der Waals surface area contributed by atoms with Gasteiger partial charge in [-0.25, -0.2) is 0 Å². The van der Waals surface area contributed by atoms with Gasteiger partial charge in [-0.05, 0) is 38.8 Å². The van der Waals surface area contributed by atoms with Gasteiger partial charge in [-0.3, -0.25) is 9.78 Å². The fraction of sp³-hybridized carbons (Fsp3) is 0.636. The standard InChI is InChI=1S/C11H17N3OS/c1-8(9-3-2-4-12-5-9)14-11(15)10-6-13-7-16-10/h6-9,12H,2-5H2,1H3,(H,14,15). The molecule has 4 nitrogen and oxygen atoms in total. The minimum absolute atomic E-state index is 0.000531. The number of piperidine rings is 1. The van der Waals surface area contributed by atoms with Crippen LogP contribution >= 0.6 is 11.3 Å². The predicted octanol–water partition coefficient (Wildman–Crippen LogP) is 1.26. The van der Waals surface area contributed by atoms with Crippen LogP contribution in [0.3, 0.4) is 0 Å². The number of amides is 1. The maximum Gasteiger partial charge on any atom is 0.263 e. The second-order valence-corrected chi connectivity index (χ2v) is 5.12. The Morgan fingerprint density at radius 2 is 2.62 bits per heavy atom. The molecule has 1 fully saturated rings. The first kappa shape index (κ1) is 11.5. The number of carbonyl (C=O) groups excluding carboxylic acids is 1. The number of thiazole rings is 1. The van der Waals surface area contributed by atoms with Crippen LogP contribution in [-0.2, 0) is 0 Å². The van der Waals surface area contributed by atoms with Crippen molar-refractivity contribution in [1.29, 1.82) is 0 Å². The fourth-order valence-corrected chi connectivity index (χ4v) is 2.55. The minimum Gasteiger partial charge on any atom is -0.349 e. The van der Waals surface area contributed by atoms with Crippen molar-refractivity contribution in [3.05, 3.63) is 16.6 Å². The van der Waals surface area contributed by atoms with Crippen molar-refractivity contribution in [2.45, 2.75) is 25.8 Å². The molecular weight excluding hydrogens is 222 g/mol. The van der Waals surface area contributed by atoms with Crippen LogP contribution in [-0.4, -0.2) is 30.0 Å². The molecule has 1 saturated heterocycles. The molecule has 1 aliphatic rings. The van der Waals surface area contributed by atoms with E-state index in [1.807, 2.05) is 0 Å². The highest BCUT2D eigenvalue weighted by molar-refractivity contribution is 7.11. The summed E-state index contributed by atoms with van der Waals surface area (Å²) >= 11 is 1.38. The molecule has 1 amide bonds. The first-order valence-corrected chi connectivity index (χ1v) is 6.55. The number of aromatic nitrogens is 1. The van der Waals surface area contributed by atoms with E-state index in [2.05, 4.69) is 22.5 Å². The Morgan fingerprint density at radius 3 is 3.25 bits per heavy atom. The van der Waals surface area contributed by atoms with E-state index < -0.39 is 0 Å². The Labute approximate surface area is 99.5 Å². The number of rotatable bonds is 3. The Bertz CT molecular complexity index is 333. The van der Waals surface area contributed by atoms with Gasteiger partial charge in [0.15, 0.2) is 0 Å². The van der Waals surface area contributed by atoms with E-state index in [0.717, 1.165) is 13.1 Å². The maximum absolute atomic E-state index is 11.8. The highest BCUT2D eigenvalue weighted by Crippen LogP contribution is 2.15. The molecule has 1 aromatic heterocycles. The molecule has 16 heavy (non-hydrogen) atoms. The number of hydrogen-bond donors (Lipinski definition) is 2. The molecule has 88 valence electrons. The third-order valence-electron chi connectivity index (χ3n) is 3.06. The molecule has 0 radical (unpaired) electrons. The average molecular weight is 239 g/mol. The molecule has 0 aliphatic carbocycles. The topological polar surface area (TPSA) is 54.0 Å². The molecule has 2 rings (SSSR count). The van der Waals surface area contributed by atoms with E-state index in [1.54, 1.807) is 11.7 Å². The van der Waals surface area contributed by atoms with Crippen LogP contribution in [0.25, 0.3) is 0 Å². The van der Waals surface area contributed by atoms with Crippen molar-refractivity contribution in [3.63, 3.8) is 0 Å². The van der Waals surface area contributed by atoms with Gasteiger partial charge in [0.1, 0.15) is 4.88 Å². The normalized spacial score (nSPS) is 22.7.